The second kappa shape index (κ2) is 6.32. The second-order valence-corrected chi connectivity index (χ2v) is 5.06. The third-order valence-electron chi connectivity index (χ3n) is 3.69. The lowest BCUT2D eigenvalue weighted by Crippen LogP contribution is -2.24. The minimum absolute atomic E-state index is 0.0997. The highest BCUT2D eigenvalue weighted by molar-refractivity contribution is 5.43. The summed E-state index contributed by atoms with van der Waals surface area (Å²) < 4.78 is 5.27. The predicted molar refractivity (Wildman–Crippen MR) is 72.9 cm³/mol. The van der Waals surface area contributed by atoms with Gasteiger partial charge in [0, 0.05) is 12.6 Å². The molecule has 0 aliphatic heterocycles. The van der Waals surface area contributed by atoms with Crippen LogP contribution in [0.3, 0.4) is 0 Å². The number of hydrogen-bond donors (Lipinski definition) is 2. The molecule has 0 saturated heterocycles. The standard InChI is InChI=1S/C15H23NO2/c1-11-4-3-5-13-14(10-12(2)15(11)13)16-6-8-18-9-7-17/h3-5,12,14,16-17H,6-10H2,1-2H3. The molecule has 1 aromatic carbocycles. The highest BCUT2D eigenvalue weighted by atomic mass is 16.5. The van der Waals surface area contributed by atoms with Gasteiger partial charge in [-0.1, -0.05) is 25.1 Å². The monoisotopic (exact) mass is 249 g/mol. The first-order valence-electron chi connectivity index (χ1n) is 6.75. The van der Waals surface area contributed by atoms with Crippen LogP contribution in [-0.4, -0.2) is 31.5 Å². The van der Waals surface area contributed by atoms with Gasteiger partial charge >= 0.3 is 0 Å². The van der Waals surface area contributed by atoms with E-state index in [0.717, 1.165) is 6.54 Å². The molecule has 2 rings (SSSR count). The normalized spacial score (nSPS) is 22.2. The Bertz CT molecular complexity index is 392. The van der Waals surface area contributed by atoms with E-state index in [1.165, 1.54) is 23.1 Å². The van der Waals surface area contributed by atoms with Crippen molar-refractivity contribution in [3.63, 3.8) is 0 Å². The maximum atomic E-state index is 8.63. The van der Waals surface area contributed by atoms with Crippen molar-refractivity contribution in [3.8, 4) is 0 Å². The zero-order valence-electron chi connectivity index (χ0n) is 11.3. The summed E-state index contributed by atoms with van der Waals surface area (Å²) in [6.07, 6.45) is 1.17. The zero-order chi connectivity index (χ0) is 13.0. The minimum atomic E-state index is 0.0997. The Labute approximate surface area is 109 Å². The van der Waals surface area contributed by atoms with Crippen LogP contribution in [-0.2, 0) is 4.74 Å². The summed E-state index contributed by atoms with van der Waals surface area (Å²) in [5.74, 6) is 0.636. The summed E-state index contributed by atoms with van der Waals surface area (Å²) >= 11 is 0. The van der Waals surface area contributed by atoms with Gasteiger partial charge in [0.1, 0.15) is 0 Å². The third kappa shape index (κ3) is 2.91. The smallest absolute Gasteiger partial charge is 0.0698 e. The summed E-state index contributed by atoms with van der Waals surface area (Å²) in [7, 11) is 0. The number of aliphatic hydroxyl groups excluding tert-OH is 1. The summed E-state index contributed by atoms with van der Waals surface area (Å²) in [5, 5.41) is 12.2. The average molecular weight is 249 g/mol. The number of benzene rings is 1. The van der Waals surface area contributed by atoms with E-state index in [1.54, 1.807) is 0 Å². The molecule has 0 amide bonds. The number of aryl methyl sites for hydroxylation is 1. The molecule has 3 heteroatoms. The van der Waals surface area contributed by atoms with Crippen molar-refractivity contribution in [1.82, 2.24) is 5.32 Å². The van der Waals surface area contributed by atoms with Crippen molar-refractivity contribution in [2.24, 2.45) is 0 Å². The Balaban J connectivity index is 1.91. The van der Waals surface area contributed by atoms with Gasteiger partial charge in [0.2, 0.25) is 0 Å². The molecule has 3 nitrogen and oxygen atoms in total. The summed E-state index contributed by atoms with van der Waals surface area (Å²) in [6.45, 7) is 6.52. The molecule has 0 fully saturated rings. The predicted octanol–water partition coefficient (Wildman–Crippen LogP) is 2.14. The number of nitrogens with one attached hydrogen (secondary N) is 1. The van der Waals surface area contributed by atoms with Crippen molar-refractivity contribution in [1.29, 1.82) is 0 Å². The first-order valence-corrected chi connectivity index (χ1v) is 6.75. The van der Waals surface area contributed by atoms with E-state index in [9.17, 15) is 0 Å². The molecule has 2 atom stereocenters. The van der Waals surface area contributed by atoms with Gasteiger partial charge in [0.15, 0.2) is 0 Å². The molecule has 1 aromatic rings. The summed E-state index contributed by atoms with van der Waals surface area (Å²) in [6, 6.07) is 7.02. The Kier molecular flexibility index (Phi) is 4.75. The largest absolute Gasteiger partial charge is 0.394 e. The van der Waals surface area contributed by atoms with Gasteiger partial charge < -0.3 is 15.2 Å². The van der Waals surface area contributed by atoms with Gasteiger partial charge in [-0.05, 0) is 36.0 Å². The molecule has 0 saturated carbocycles. The molecule has 1 aliphatic rings. The Morgan fingerprint density at radius 1 is 1.39 bits per heavy atom. The number of aliphatic hydroxyl groups is 1. The maximum Gasteiger partial charge on any atom is 0.0698 e. The molecule has 2 unspecified atom stereocenters. The van der Waals surface area contributed by atoms with Crippen LogP contribution in [0.25, 0.3) is 0 Å². The van der Waals surface area contributed by atoms with Crippen molar-refractivity contribution >= 4 is 0 Å². The van der Waals surface area contributed by atoms with Crippen molar-refractivity contribution in [2.45, 2.75) is 32.2 Å². The van der Waals surface area contributed by atoms with Gasteiger partial charge in [0.25, 0.3) is 0 Å². The maximum absolute atomic E-state index is 8.63. The Hall–Kier alpha value is -0.900. The van der Waals surface area contributed by atoms with E-state index in [-0.39, 0.29) is 6.61 Å². The molecule has 2 N–H and O–H groups in total. The summed E-state index contributed by atoms with van der Waals surface area (Å²) in [5.41, 5.74) is 4.37. The molecule has 0 aromatic heterocycles. The second-order valence-electron chi connectivity index (χ2n) is 5.06. The molecule has 100 valence electrons. The molecule has 0 heterocycles. The van der Waals surface area contributed by atoms with Crippen molar-refractivity contribution in [2.75, 3.05) is 26.4 Å². The van der Waals surface area contributed by atoms with Gasteiger partial charge in [0.05, 0.1) is 19.8 Å². The van der Waals surface area contributed by atoms with E-state index in [2.05, 4.69) is 37.4 Å². The third-order valence-corrected chi connectivity index (χ3v) is 3.69. The van der Waals surface area contributed by atoms with E-state index in [0.29, 0.717) is 25.2 Å². The number of fused-ring (bicyclic) bond motifs is 1. The van der Waals surface area contributed by atoms with Crippen LogP contribution in [0.4, 0.5) is 0 Å². The molecule has 0 bridgehead atoms. The fourth-order valence-electron chi connectivity index (χ4n) is 2.94. The number of ether oxygens (including phenoxy) is 1. The zero-order valence-corrected chi connectivity index (χ0v) is 11.3. The van der Waals surface area contributed by atoms with Gasteiger partial charge in [-0.3, -0.25) is 0 Å². The van der Waals surface area contributed by atoms with E-state index >= 15 is 0 Å². The van der Waals surface area contributed by atoms with Crippen LogP contribution in [0.2, 0.25) is 0 Å². The topological polar surface area (TPSA) is 41.5 Å². The number of rotatable bonds is 6. The van der Waals surface area contributed by atoms with Crippen LogP contribution in [0, 0.1) is 6.92 Å². The van der Waals surface area contributed by atoms with E-state index < -0.39 is 0 Å². The Morgan fingerprint density at radius 3 is 3.00 bits per heavy atom. The van der Waals surface area contributed by atoms with E-state index in [1.807, 2.05) is 0 Å². The molecular weight excluding hydrogens is 226 g/mol. The van der Waals surface area contributed by atoms with Crippen LogP contribution in [0.1, 0.15) is 42.0 Å². The van der Waals surface area contributed by atoms with Crippen molar-refractivity contribution in [3.05, 3.63) is 34.9 Å². The van der Waals surface area contributed by atoms with Gasteiger partial charge in [-0.25, -0.2) is 0 Å². The quantitative estimate of drug-likeness (QED) is 0.759. The highest BCUT2D eigenvalue weighted by Gasteiger charge is 2.28. The first kappa shape index (κ1) is 13.5. The lowest BCUT2D eigenvalue weighted by Gasteiger charge is -2.14. The van der Waals surface area contributed by atoms with Gasteiger partial charge in [-0.15, -0.1) is 0 Å². The lowest BCUT2D eigenvalue weighted by atomic mass is 9.98. The SMILES string of the molecule is Cc1cccc2c1C(C)CC2NCCOCCO. The molecule has 1 aliphatic carbocycles. The average Bonchev–Trinajstić information content (AvgIpc) is 2.67. The highest BCUT2D eigenvalue weighted by Crippen LogP contribution is 2.41. The van der Waals surface area contributed by atoms with Crippen molar-refractivity contribution < 1.29 is 9.84 Å². The van der Waals surface area contributed by atoms with E-state index in [4.69, 9.17) is 9.84 Å². The molecule has 0 spiro atoms. The number of hydrogen-bond acceptors (Lipinski definition) is 3. The summed E-state index contributed by atoms with van der Waals surface area (Å²) in [4.78, 5) is 0. The molecular formula is C15H23NO2. The van der Waals surface area contributed by atoms with Crippen LogP contribution in [0.15, 0.2) is 18.2 Å². The van der Waals surface area contributed by atoms with Gasteiger partial charge in [-0.2, -0.15) is 0 Å². The fraction of sp³-hybridized carbons (Fsp3) is 0.600. The molecule has 18 heavy (non-hydrogen) atoms. The minimum Gasteiger partial charge on any atom is -0.394 e. The molecule has 0 radical (unpaired) electrons. The lowest BCUT2D eigenvalue weighted by molar-refractivity contribution is 0.0925. The van der Waals surface area contributed by atoms with Crippen LogP contribution in [0.5, 0.6) is 0 Å². The fourth-order valence-corrected chi connectivity index (χ4v) is 2.94. The Morgan fingerprint density at radius 2 is 2.22 bits per heavy atom. The van der Waals surface area contributed by atoms with Crippen LogP contribution < -0.4 is 5.32 Å². The first-order chi connectivity index (χ1) is 8.74. The van der Waals surface area contributed by atoms with Crippen LogP contribution >= 0.6 is 0 Å².